The second-order valence-corrected chi connectivity index (χ2v) is 6.81. The number of hydrogen-bond acceptors (Lipinski definition) is 2. The molecule has 0 aliphatic carbocycles. The van der Waals surface area contributed by atoms with Gasteiger partial charge in [0.2, 0.25) is 0 Å². The number of nitrogens with one attached hydrogen (secondary N) is 1. The molecule has 0 aliphatic rings. The van der Waals surface area contributed by atoms with Crippen molar-refractivity contribution in [1.29, 1.82) is 0 Å². The number of benzene rings is 2. The third-order valence-corrected chi connectivity index (χ3v) is 4.33. The smallest absolute Gasteiger partial charge is 0.348 e. The van der Waals surface area contributed by atoms with Crippen molar-refractivity contribution in [2.75, 3.05) is 0 Å². The maximum absolute atomic E-state index is 13.0. The molecule has 27 heavy (non-hydrogen) atoms. The van der Waals surface area contributed by atoms with Crippen molar-refractivity contribution in [3.63, 3.8) is 0 Å². The Balaban J connectivity index is 1.63. The highest BCUT2D eigenvalue weighted by atomic mass is 79.9. The Hall–Kier alpha value is -2.61. The number of amides is 1. The number of carbonyl (C=O) groups excluding carboxylic acids is 1. The lowest BCUT2D eigenvalue weighted by Crippen LogP contribution is -2.24. The molecule has 0 aliphatic heterocycles. The van der Waals surface area contributed by atoms with Gasteiger partial charge in [0.05, 0.1) is 22.8 Å². The van der Waals surface area contributed by atoms with Crippen LogP contribution in [0.15, 0.2) is 65.4 Å². The second kappa shape index (κ2) is 7.96. The first-order chi connectivity index (χ1) is 12.8. The van der Waals surface area contributed by atoms with E-state index in [4.69, 9.17) is 0 Å². The van der Waals surface area contributed by atoms with Gasteiger partial charge in [-0.3, -0.25) is 9.48 Å². The van der Waals surface area contributed by atoms with Gasteiger partial charge in [0.25, 0.3) is 5.91 Å². The van der Waals surface area contributed by atoms with Crippen LogP contribution in [0.3, 0.4) is 0 Å². The number of aromatic nitrogens is 2. The summed E-state index contributed by atoms with van der Waals surface area (Å²) in [5.74, 6) is -0.430. The molecule has 0 bridgehead atoms. The fourth-order valence-electron chi connectivity index (χ4n) is 2.60. The van der Waals surface area contributed by atoms with E-state index < -0.39 is 17.6 Å². The van der Waals surface area contributed by atoms with Crippen molar-refractivity contribution in [2.24, 2.45) is 0 Å². The van der Waals surface area contributed by atoms with Crippen LogP contribution in [-0.4, -0.2) is 15.7 Å². The van der Waals surface area contributed by atoms with E-state index in [1.807, 2.05) is 6.20 Å². The van der Waals surface area contributed by atoms with Gasteiger partial charge in [-0.2, -0.15) is 18.3 Å². The minimum Gasteiger partial charge on any atom is -0.348 e. The molecule has 3 rings (SSSR count). The van der Waals surface area contributed by atoms with Gasteiger partial charge in [-0.15, -0.1) is 0 Å². The van der Waals surface area contributed by atoms with Crippen molar-refractivity contribution in [3.05, 3.63) is 87.7 Å². The van der Waals surface area contributed by atoms with Gasteiger partial charge in [0.1, 0.15) is 0 Å². The normalized spacial score (nSPS) is 11.4. The van der Waals surface area contributed by atoms with Gasteiger partial charge in [-0.1, -0.05) is 30.3 Å². The highest BCUT2D eigenvalue weighted by Crippen LogP contribution is 2.31. The van der Waals surface area contributed by atoms with Gasteiger partial charge in [0.15, 0.2) is 0 Å². The van der Waals surface area contributed by atoms with E-state index in [-0.39, 0.29) is 12.1 Å². The first-order valence-corrected chi connectivity index (χ1v) is 8.82. The Labute approximate surface area is 162 Å². The summed E-state index contributed by atoms with van der Waals surface area (Å²) < 4.78 is 41.6. The summed E-state index contributed by atoms with van der Waals surface area (Å²) in [6, 6.07) is 12.0. The summed E-state index contributed by atoms with van der Waals surface area (Å²) in [5, 5.41) is 6.70. The molecule has 0 fully saturated rings. The molecule has 3 aromatic rings. The fourth-order valence-corrected chi connectivity index (χ4v) is 2.93. The summed E-state index contributed by atoms with van der Waals surface area (Å²) in [5.41, 5.74) is 0.611. The van der Waals surface area contributed by atoms with Gasteiger partial charge in [-0.05, 0) is 45.3 Å². The highest BCUT2D eigenvalue weighted by molar-refractivity contribution is 9.10. The van der Waals surface area contributed by atoms with Crippen LogP contribution in [0.5, 0.6) is 0 Å². The molecule has 1 aromatic heterocycles. The quantitative estimate of drug-likeness (QED) is 0.631. The zero-order valence-electron chi connectivity index (χ0n) is 14.0. The van der Waals surface area contributed by atoms with Crippen molar-refractivity contribution in [1.82, 2.24) is 15.1 Å². The van der Waals surface area contributed by atoms with E-state index in [9.17, 15) is 18.0 Å². The van der Waals surface area contributed by atoms with Gasteiger partial charge in [-0.25, -0.2) is 0 Å². The molecule has 140 valence electrons. The molecular weight excluding hydrogens is 423 g/mol. The maximum Gasteiger partial charge on any atom is 0.416 e. The minimum atomic E-state index is -4.45. The Morgan fingerprint density at radius 1 is 1.11 bits per heavy atom. The van der Waals surface area contributed by atoms with Gasteiger partial charge in [0, 0.05) is 18.3 Å². The SMILES string of the molecule is O=C(NCc1ccccc1C(F)(F)F)c1ccc(Cn2cc(Br)cn2)cc1. The molecule has 1 amide bonds. The largest absolute Gasteiger partial charge is 0.416 e. The van der Waals surface area contributed by atoms with Crippen LogP contribution in [-0.2, 0) is 19.3 Å². The zero-order valence-corrected chi connectivity index (χ0v) is 15.6. The predicted molar refractivity (Wildman–Crippen MR) is 98.1 cm³/mol. The molecule has 0 saturated heterocycles. The lowest BCUT2D eigenvalue weighted by molar-refractivity contribution is -0.138. The second-order valence-electron chi connectivity index (χ2n) is 5.89. The van der Waals surface area contributed by atoms with Crippen LogP contribution in [0, 0.1) is 0 Å². The topological polar surface area (TPSA) is 46.9 Å². The summed E-state index contributed by atoms with van der Waals surface area (Å²) in [6.07, 6.45) is -0.941. The lowest BCUT2D eigenvalue weighted by Gasteiger charge is -2.13. The van der Waals surface area contributed by atoms with E-state index in [0.717, 1.165) is 16.1 Å². The summed E-state index contributed by atoms with van der Waals surface area (Å²) >= 11 is 3.32. The number of alkyl halides is 3. The summed E-state index contributed by atoms with van der Waals surface area (Å²) in [7, 11) is 0. The van der Waals surface area contributed by atoms with E-state index in [1.165, 1.54) is 18.2 Å². The average molecular weight is 438 g/mol. The molecule has 0 spiro atoms. The molecule has 1 heterocycles. The Bertz CT molecular complexity index is 936. The van der Waals surface area contributed by atoms with E-state index in [2.05, 4.69) is 26.3 Å². The van der Waals surface area contributed by atoms with Crippen molar-refractivity contribution < 1.29 is 18.0 Å². The molecule has 2 aromatic carbocycles. The molecule has 4 nitrogen and oxygen atoms in total. The standard InChI is InChI=1S/C19H15BrF3N3O/c20-16-10-25-26(12-16)11-13-5-7-14(8-6-13)18(27)24-9-15-3-1-2-4-17(15)19(21,22)23/h1-8,10,12H,9,11H2,(H,24,27). The van der Waals surface area contributed by atoms with E-state index >= 15 is 0 Å². The molecule has 0 radical (unpaired) electrons. The maximum atomic E-state index is 13.0. The van der Waals surface area contributed by atoms with Crippen LogP contribution in [0.1, 0.15) is 27.0 Å². The fraction of sp³-hybridized carbons (Fsp3) is 0.158. The molecule has 0 atom stereocenters. The molecule has 8 heteroatoms. The van der Waals surface area contributed by atoms with Crippen molar-refractivity contribution >= 4 is 21.8 Å². The third-order valence-electron chi connectivity index (χ3n) is 3.92. The lowest BCUT2D eigenvalue weighted by atomic mass is 10.1. The first-order valence-electron chi connectivity index (χ1n) is 8.03. The molecule has 0 saturated carbocycles. The predicted octanol–water partition coefficient (Wildman–Crippen LogP) is 4.64. The third kappa shape index (κ3) is 4.97. The average Bonchev–Trinajstić information content (AvgIpc) is 3.04. The van der Waals surface area contributed by atoms with Crippen molar-refractivity contribution in [2.45, 2.75) is 19.3 Å². The molecular formula is C19H15BrF3N3O. The minimum absolute atomic E-state index is 0.0271. The van der Waals surface area contributed by atoms with Crippen LogP contribution in [0.4, 0.5) is 13.2 Å². The number of nitrogens with zero attached hydrogens (tertiary/aromatic N) is 2. The van der Waals surface area contributed by atoms with Crippen LogP contribution >= 0.6 is 15.9 Å². The number of carbonyl (C=O) groups is 1. The Morgan fingerprint density at radius 2 is 1.81 bits per heavy atom. The monoisotopic (exact) mass is 437 g/mol. The van der Waals surface area contributed by atoms with E-state index in [0.29, 0.717) is 12.1 Å². The summed E-state index contributed by atoms with van der Waals surface area (Å²) in [6.45, 7) is 0.351. The van der Waals surface area contributed by atoms with Gasteiger partial charge < -0.3 is 5.32 Å². The highest BCUT2D eigenvalue weighted by Gasteiger charge is 2.32. The zero-order chi connectivity index (χ0) is 19.4. The van der Waals surface area contributed by atoms with Gasteiger partial charge >= 0.3 is 6.18 Å². The molecule has 0 unspecified atom stereocenters. The van der Waals surface area contributed by atoms with Crippen LogP contribution < -0.4 is 5.32 Å². The number of hydrogen-bond donors (Lipinski definition) is 1. The van der Waals surface area contributed by atoms with E-state index in [1.54, 1.807) is 35.1 Å². The van der Waals surface area contributed by atoms with Crippen molar-refractivity contribution in [3.8, 4) is 0 Å². The van der Waals surface area contributed by atoms with Crippen LogP contribution in [0.2, 0.25) is 0 Å². The Morgan fingerprint density at radius 3 is 2.44 bits per heavy atom. The molecule has 1 N–H and O–H groups in total. The number of rotatable bonds is 5. The summed E-state index contributed by atoms with van der Waals surface area (Å²) in [4.78, 5) is 12.2. The number of halogens is 4. The van der Waals surface area contributed by atoms with Crippen LogP contribution in [0.25, 0.3) is 0 Å². The first kappa shape index (κ1) is 19.2. The Kier molecular flexibility index (Phi) is 5.65.